The first-order valence-corrected chi connectivity index (χ1v) is 12.1. The molecule has 31 heavy (non-hydrogen) atoms. The molecule has 3 atom stereocenters. The Labute approximate surface area is 196 Å². The molecule has 3 unspecified atom stereocenters. The first-order valence-electron chi connectivity index (χ1n) is 10.5. The molecular formula is C24H24Cl2N2O2S. The fraction of sp³-hybridized carbons (Fsp3) is 0.333. The van der Waals surface area contributed by atoms with E-state index in [4.69, 9.17) is 23.2 Å². The van der Waals surface area contributed by atoms with E-state index in [0.29, 0.717) is 27.9 Å². The lowest BCUT2D eigenvalue weighted by molar-refractivity contribution is -0.127. The summed E-state index contributed by atoms with van der Waals surface area (Å²) in [4.78, 5) is 26.0. The summed E-state index contributed by atoms with van der Waals surface area (Å²) in [5.74, 6) is -0.0829. The van der Waals surface area contributed by atoms with Gasteiger partial charge in [-0.3, -0.25) is 9.59 Å². The number of thioether (sulfide) groups is 1. The SMILES string of the molecule is O=C1NC2CC(C(=O)NCCc3ccc(Cl)cc3)CCC2S/C1=C/c1ccccc1Cl. The molecule has 1 aliphatic carbocycles. The van der Waals surface area contributed by atoms with Crippen LogP contribution in [0.1, 0.15) is 30.4 Å². The predicted octanol–water partition coefficient (Wildman–Crippen LogP) is 5.09. The summed E-state index contributed by atoms with van der Waals surface area (Å²) < 4.78 is 0. The van der Waals surface area contributed by atoms with Gasteiger partial charge in [0.25, 0.3) is 5.91 Å². The summed E-state index contributed by atoms with van der Waals surface area (Å²) in [5, 5.41) is 7.79. The number of rotatable bonds is 5. The molecule has 0 bridgehead atoms. The van der Waals surface area contributed by atoms with Gasteiger partial charge < -0.3 is 10.6 Å². The monoisotopic (exact) mass is 474 g/mol. The molecule has 0 aromatic heterocycles. The van der Waals surface area contributed by atoms with E-state index < -0.39 is 0 Å². The number of carbonyl (C=O) groups excluding carboxylic acids is 2. The van der Waals surface area contributed by atoms with Crippen LogP contribution in [0.3, 0.4) is 0 Å². The molecule has 162 valence electrons. The van der Waals surface area contributed by atoms with E-state index in [1.807, 2.05) is 54.6 Å². The average molecular weight is 475 g/mol. The third-order valence-electron chi connectivity index (χ3n) is 5.79. The van der Waals surface area contributed by atoms with Gasteiger partial charge in [0.2, 0.25) is 5.91 Å². The van der Waals surface area contributed by atoms with Crippen molar-refractivity contribution in [3.05, 3.63) is 74.6 Å². The molecule has 4 nitrogen and oxygen atoms in total. The highest BCUT2D eigenvalue weighted by molar-refractivity contribution is 8.04. The summed E-state index contributed by atoms with van der Waals surface area (Å²) in [6.07, 6.45) is 5.02. The molecule has 0 spiro atoms. The largest absolute Gasteiger partial charge is 0.356 e. The Balaban J connectivity index is 1.30. The predicted molar refractivity (Wildman–Crippen MR) is 128 cm³/mol. The lowest BCUT2D eigenvalue weighted by Crippen LogP contribution is -2.51. The fourth-order valence-corrected chi connectivity index (χ4v) is 5.69. The second-order valence-corrected chi connectivity index (χ2v) is 10.1. The molecule has 2 N–H and O–H groups in total. The van der Waals surface area contributed by atoms with Gasteiger partial charge in [-0.2, -0.15) is 0 Å². The molecule has 7 heteroatoms. The van der Waals surface area contributed by atoms with E-state index in [1.165, 1.54) is 0 Å². The standard InChI is InChI=1S/C24H24Cl2N2O2S/c25-18-8-5-15(6-9-18)11-12-27-23(29)17-7-10-21-20(13-17)28-24(30)22(31-21)14-16-3-1-2-4-19(16)26/h1-6,8-9,14,17,20-21H,7,10-13H2,(H,27,29)(H,28,30)/b22-14+. The minimum Gasteiger partial charge on any atom is -0.356 e. The van der Waals surface area contributed by atoms with Crippen LogP contribution in [0, 0.1) is 5.92 Å². The number of benzene rings is 2. The van der Waals surface area contributed by atoms with Gasteiger partial charge in [-0.25, -0.2) is 0 Å². The van der Waals surface area contributed by atoms with Crippen molar-refractivity contribution >= 4 is 52.9 Å². The quantitative estimate of drug-likeness (QED) is 0.592. The molecular weight excluding hydrogens is 451 g/mol. The number of fused-ring (bicyclic) bond motifs is 1. The maximum absolute atomic E-state index is 12.7. The van der Waals surface area contributed by atoms with Crippen molar-refractivity contribution in [2.24, 2.45) is 5.92 Å². The Kier molecular flexibility index (Phi) is 7.26. The molecule has 2 fully saturated rings. The molecule has 1 saturated carbocycles. The van der Waals surface area contributed by atoms with Crippen LogP contribution in [0.15, 0.2) is 53.4 Å². The number of carbonyl (C=O) groups is 2. The maximum atomic E-state index is 12.7. The van der Waals surface area contributed by atoms with Crippen LogP contribution in [0.5, 0.6) is 0 Å². The Bertz CT molecular complexity index is 993. The van der Waals surface area contributed by atoms with Crippen LogP contribution in [-0.4, -0.2) is 29.7 Å². The lowest BCUT2D eigenvalue weighted by Gasteiger charge is -2.39. The van der Waals surface area contributed by atoms with E-state index in [9.17, 15) is 9.59 Å². The van der Waals surface area contributed by atoms with Crippen LogP contribution in [-0.2, 0) is 16.0 Å². The highest BCUT2D eigenvalue weighted by Crippen LogP contribution is 2.40. The van der Waals surface area contributed by atoms with Crippen molar-refractivity contribution in [1.29, 1.82) is 0 Å². The zero-order chi connectivity index (χ0) is 21.8. The van der Waals surface area contributed by atoms with Crippen LogP contribution in [0.25, 0.3) is 6.08 Å². The van der Waals surface area contributed by atoms with E-state index >= 15 is 0 Å². The number of nitrogens with one attached hydrogen (secondary N) is 2. The Hall–Kier alpha value is -1.95. The Morgan fingerprint density at radius 3 is 2.68 bits per heavy atom. The average Bonchev–Trinajstić information content (AvgIpc) is 2.76. The van der Waals surface area contributed by atoms with E-state index in [2.05, 4.69) is 10.6 Å². The molecule has 4 rings (SSSR count). The molecule has 2 aromatic carbocycles. The van der Waals surface area contributed by atoms with Gasteiger partial charge in [-0.1, -0.05) is 53.5 Å². The Morgan fingerprint density at radius 1 is 1.13 bits per heavy atom. The summed E-state index contributed by atoms with van der Waals surface area (Å²) in [6, 6.07) is 15.2. The highest BCUT2D eigenvalue weighted by Gasteiger charge is 2.39. The second kappa shape index (κ2) is 10.1. The molecule has 2 aromatic rings. The molecule has 1 saturated heterocycles. The zero-order valence-electron chi connectivity index (χ0n) is 16.9. The summed E-state index contributed by atoms with van der Waals surface area (Å²) >= 11 is 13.7. The topological polar surface area (TPSA) is 58.2 Å². The first-order chi connectivity index (χ1) is 15.0. The smallest absolute Gasteiger partial charge is 0.257 e. The van der Waals surface area contributed by atoms with Crippen LogP contribution < -0.4 is 10.6 Å². The van der Waals surface area contributed by atoms with Crippen molar-refractivity contribution in [3.8, 4) is 0 Å². The third kappa shape index (κ3) is 5.65. The molecule has 0 radical (unpaired) electrons. The van der Waals surface area contributed by atoms with E-state index in [-0.39, 0.29) is 29.0 Å². The summed E-state index contributed by atoms with van der Waals surface area (Å²) in [7, 11) is 0. The number of amides is 2. The van der Waals surface area contributed by atoms with Crippen LogP contribution in [0.2, 0.25) is 10.0 Å². The lowest BCUT2D eigenvalue weighted by atomic mass is 9.84. The van der Waals surface area contributed by atoms with Gasteiger partial charge in [0.05, 0.1) is 4.91 Å². The van der Waals surface area contributed by atoms with E-state index in [0.717, 1.165) is 30.4 Å². The van der Waals surface area contributed by atoms with E-state index in [1.54, 1.807) is 11.8 Å². The van der Waals surface area contributed by atoms with Gasteiger partial charge in [-0.05, 0) is 61.1 Å². The van der Waals surface area contributed by atoms with Crippen LogP contribution in [0.4, 0.5) is 0 Å². The van der Waals surface area contributed by atoms with Crippen LogP contribution >= 0.6 is 35.0 Å². The molecule has 2 amide bonds. The van der Waals surface area contributed by atoms with Crippen molar-refractivity contribution in [3.63, 3.8) is 0 Å². The van der Waals surface area contributed by atoms with Gasteiger partial charge in [0.1, 0.15) is 0 Å². The van der Waals surface area contributed by atoms with Gasteiger partial charge in [0, 0.05) is 33.8 Å². The number of hydrogen-bond acceptors (Lipinski definition) is 3. The highest BCUT2D eigenvalue weighted by atomic mass is 35.5. The summed E-state index contributed by atoms with van der Waals surface area (Å²) in [6.45, 7) is 0.594. The Morgan fingerprint density at radius 2 is 1.90 bits per heavy atom. The summed E-state index contributed by atoms with van der Waals surface area (Å²) in [5.41, 5.74) is 1.98. The first kappa shape index (κ1) is 22.3. The third-order valence-corrected chi connectivity index (χ3v) is 7.81. The molecule has 2 aliphatic rings. The molecule has 1 aliphatic heterocycles. The number of halogens is 2. The van der Waals surface area contributed by atoms with Gasteiger partial charge >= 0.3 is 0 Å². The maximum Gasteiger partial charge on any atom is 0.257 e. The van der Waals surface area contributed by atoms with Crippen molar-refractivity contribution < 1.29 is 9.59 Å². The minimum absolute atomic E-state index is 0.0154. The number of hydrogen-bond donors (Lipinski definition) is 2. The van der Waals surface area contributed by atoms with Gasteiger partial charge in [0.15, 0.2) is 0 Å². The van der Waals surface area contributed by atoms with Crippen molar-refractivity contribution in [2.45, 2.75) is 37.0 Å². The van der Waals surface area contributed by atoms with Crippen molar-refractivity contribution in [2.75, 3.05) is 6.54 Å². The van der Waals surface area contributed by atoms with Gasteiger partial charge in [-0.15, -0.1) is 11.8 Å². The normalized spacial score (nSPS) is 24.4. The minimum atomic E-state index is -0.0880. The second-order valence-electron chi connectivity index (χ2n) is 7.94. The fourth-order valence-electron chi connectivity index (χ4n) is 4.09. The molecule has 1 heterocycles. The van der Waals surface area contributed by atoms with Crippen molar-refractivity contribution in [1.82, 2.24) is 10.6 Å². The zero-order valence-corrected chi connectivity index (χ0v) is 19.3.